The van der Waals surface area contributed by atoms with Crippen molar-refractivity contribution < 1.29 is 4.79 Å². The van der Waals surface area contributed by atoms with Crippen LogP contribution in [0.2, 0.25) is 0 Å². The Morgan fingerprint density at radius 3 is 2.41 bits per heavy atom. The van der Waals surface area contributed by atoms with E-state index in [0.717, 1.165) is 42.3 Å². The fourth-order valence-corrected chi connectivity index (χ4v) is 3.51. The first kappa shape index (κ1) is 17.1. The zero-order chi connectivity index (χ0) is 18.6. The Bertz CT molecular complexity index is 899. The molecule has 0 aliphatic carbocycles. The second-order valence-electron chi connectivity index (χ2n) is 6.60. The van der Waals surface area contributed by atoms with E-state index >= 15 is 0 Å². The first-order valence-corrected chi connectivity index (χ1v) is 9.01. The van der Waals surface area contributed by atoms with Gasteiger partial charge in [-0.3, -0.25) is 14.8 Å². The zero-order valence-corrected chi connectivity index (χ0v) is 15.2. The van der Waals surface area contributed by atoms with Gasteiger partial charge >= 0.3 is 0 Å². The summed E-state index contributed by atoms with van der Waals surface area (Å²) in [7, 11) is 0. The molecule has 0 bridgehead atoms. The van der Waals surface area contributed by atoms with E-state index in [0.29, 0.717) is 0 Å². The molecule has 1 aromatic carbocycles. The molecule has 0 radical (unpaired) electrons. The minimum Gasteiger partial charge on any atom is -0.367 e. The molecule has 1 fully saturated rings. The molecule has 0 N–H and O–H groups in total. The molecule has 1 unspecified atom stereocenters. The van der Waals surface area contributed by atoms with Gasteiger partial charge in [0.15, 0.2) is 5.78 Å². The third-order valence-corrected chi connectivity index (χ3v) is 4.95. The summed E-state index contributed by atoms with van der Waals surface area (Å²) in [6.07, 6.45) is 8.86. The maximum Gasteiger partial charge on any atom is 0.159 e. The summed E-state index contributed by atoms with van der Waals surface area (Å²) in [6, 6.07) is 12.1. The molecule has 1 saturated heterocycles. The molecule has 3 heterocycles. The van der Waals surface area contributed by atoms with Gasteiger partial charge in [-0.1, -0.05) is 24.3 Å². The van der Waals surface area contributed by atoms with E-state index in [9.17, 15) is 4.79 Å². The van der Waals surface area contributed by atoms with Gasteiger partial charge in [0.1, 0.15) is 5.82 Å². The number of hydrogen-bond donors (Lipinski definition) is 0. The highest BCUT2D eigenvalue weighted by atomic mass is 16.1. The molecule has 1 aliphatic rings. The molecule has 1 atom stereocenters. The monoisotopic (exact) mass is 359 g/mol. The number of piperazine rings is 1. The standard InChI is InChI=1S/C21H21N5O/c1-16(27)17-2-4-18(5-3-17)20-15-25(19-6-8-22-9-7-19)12-13-26(20)21-14-23-10-11-24-21/h2-11,14,20H,12-13,15H2,1H3. The summed E-state index contributed by atoms with van der Waals surface area (Å²) in [4.78, 5) is 29.1. The number of rotatable bonds is 4. The smallest absolute Gasteiger partial charge is 0.159 e. The Labute approximate surface area is 158 Å². The lowest BCUT2D eigenvalue weighted by Gasteiger charge is -2.43. The van der Waals surface area contributed by atoms with Gasteiger partial charge in [0.05, 0.1) is 12.2 Å². The highest BCUT2D eigenvalue weighted by Gasteiger charge is 2.29. The van der Waals surface area contributed by atoms with Crippen LogP contribution in [0.25, 0.3) is 0 Å². The van der Waals surface area contributed by atoms with Crippen LogP contribution >= 0.6 is 0 Å². The molecule has 136 valence electrons. The van der Waals surface area contributed by atoms with E-state index in [4.69, 9.17) is 0 Å². The van der Waals surface area contributed by atoms with Gasteiger partial charge < -0.3 is 9.80 Å². The maximum absolute atomic E-state index is 11.6. The number of nitrogens with zero attached hydrogens (tertiary/aromatic N) is 5. The number of Topliss-reactive ketones (excluding diaryl/α,β-unsaturated/α-hetero) is 1. The lowest BCUT2D eigenvalue weighted by molar-refractivity contribution is 0.101. The van der Waals surface area contributed by atoms with Crippen LogP contribution in [-0.4, -0.2) is 40.4 Å². The molecule has 4 rings (SSSR count). The summed E-state index contributed by atoms with van der Waals surface area (Å²) in [5.74, 6) is 0.946. The van der Waals surface area contributed by atoms with E-state index in [2.05, 4.69) is 24.8 Å². The van der Waals surface area contributed by atoms with Crippen molar-refractivity contribution >= 4 is 17.3 Å². The maximum atomic E-state index is 11.6. The number of ketones is 1. The summed E-state index contributed by atoms with van der Waals surface area (Å²) in [5.41, 5.74) is 3.05. The lowest BCUT2D eigenvalue weighted by atomic mass is 9.99. The Morgan fingerprint density at radius 1 is 0.963 bits per heavy atom. The molecular formula is C21H21N5O. The lowest BCUT2D eigenvalue weighted by Crippen LogP contribution is -2.49. The van der Waals surface area contributed by atoms with Crippen LogP contribution in [0.15, 0.2) is 67.4 Å². The average molecular weight is 359 g/mol. The molecule has 0 amide bonds. The number of aromatic nitrogens is 3. The minimum absolute atomic E-state index is 0.0781. The van der Waals surface area contributed by atoms with Crippen molar-refractivity contribution in [1.82, 2.24) is 15.0 Å². The normalized spacial score (nSPS) is 17.0. The van der Waals surface area contributed by atoms with Crippen molar-refractivity contribution in [1.29, 1.82) is 0 Å². The second kappa shape index (κ2) is 7.53. The Morgan fingerprint density at radius 2 is 1.74 bits per heavy atom. The predicted octanol–water partition coefficient (Wildman–Crippen LogP) is 3.14. The number of carbonyl (C=O) groups excluding carboxylic acids is 1. The molecule has 2 aromatic heterocycles. The van der Waals surface area contributed by atoms with Crippen LogP contribution in [0.1, 0.15) is 28.9 Å². The van der Waals surface area contributed by atoms with Crippen molar-refractivity contribution in [2.75, 3.05) is 29.4 Å². The molecule has 0 spiro atoms. The molecule has 3 aromatic rings. The highest BCUT2D eigenvalue weighted by molar-refractivity contribution is 5.94. The van der Waals surface area contributed by atoms with Crippen molar-refractivity contribution in [2.24, 2.45) is 0 Å². The molecule has 27 heavy (non-hydrogen) atoms. The number of hydrogen-bond acceptors (Lipinski definition) is 6. The summed E-state index contributed by atoms with van der Waals surface area (Å²) in [6.45, 7) is 4.13. The summed E-state index contributed by atoms with van der Waals surface area (Å²) < 4.78 is 0. The van der Waals surface area contributed by atoms with E-state index in [1.54, 1.807) is 25.5 Å². The molecule has 6 heteroatoms. The highest BCUT2D eigenvalue weighted by Crippen LogP contribution is 2.31. The molecule has 0 saturated carbocycles. The van der Waals surface area contributed by atoms with Gasteiger partial charge in [0.25, 0.3) is 0 Å². The molecule has 1 aliphatic heterocycles. The van der Waals surface area contributed by atoms with Crippen molar-refractivity contribution in [3.63, 3.8) is 0 Å². The van der Waals surface area contributed by atoms with E-state index in [1.165, 1.54) is 0 Å². The summed E-state index contributed by atoms with van der Waals surface area (Å²) in [5, 5.41) is 0. The number of carbonyl (C=O) groups is 1. The van der Waals surface area contributed by atoms with Gasteiger partial charge in [-0.2, -0.15) is 0 Å². The average Bonchev–Trinajstić information content (AvgIpc) is 2.74. The van der Waals surface area contributed by atoms with E-state index < -0.39 is 0 Å². The van der Waals surface area contributed by atoms with E-state index in [1.807, 2.05) is 48.8 Å². The van der Waals surface area contributed by atoms with Crippen LogP contribution in [0.3, 0.4) is 0 Å². The number of anilines is 2. The van der Waals surface area contributed by atoms with Gasteiger partial charge in [0.2, 0.25) is 0 Å². The number of pyridine rings is 1. The third kappa shape index (κ3) is 3.65. The first-order valence-electron chi connectivity index (χ1n) is 9.01. The fourth-order valence-electron chi connectivity index (χ4n) is 3.51. The summed E-state index contributed by atoms with van der Waals surface area (Å²) >= 11 is 0. The van der Waals surface area contributed by atoms with E-state index in [-0.39, 0.29) is 11.8 Å². The second-order valence-corrected chi connectivity index (χ2v) is 6.60. The first-order chi connectivity index (χ1) is 13.2. The van der Waals surface area contributed by atoms with Crippen LogP contribution in [0.5, 0.6) is 0 Å². The topological polar surface area (TPSA) is 62.2 Å². The SMILES string of the molecule is CC(=O)c1ccc(C2CN(c3ccncc3)CCN2c2cnccn2)cc1. The fraction of sp³-hybridized carbons (Fsp3) is 0.238. The minimum atomic E-state index is 0.0781. The van der Waals surface area contributed by atoms with Gasteiger partial charge in [-0.05, 0) is 24.6 Å². The Balaban J connectivity index is 1.67. The molecular weight excluding hydrogens is 338 g/mol. The third-order valence-electron chi connectivity index (χ3n) is 4.95. The van der Waals surface area contributed by atoms with Crippen molar-refractivity contribution in [3.8, 4) is 0 Å². The van der Waals surface area contributed by atoms with Gasteiger partial charge in [0, 0.05) is 55.7 Å². The largest absolute Gasteiger partial charge is 0.367 e. The van der Waals surface area contributed by atoms with Gasteiger partial charge in [-0.25, -0.2) is 4.98 Å². The van der Waals surface area contributed by atoms with Crippen LogP contribution in [0, 0.1) is 0 Å². The predicted molar refractivity (Wildman–Crippen MR) is 105 cm³/mol. The number of benzene rings is 1. The van der Waals surface area contributed by atoms with Crippen LogP contribution in [-0.2, 0) is 0 Å². The van der Waals surface area contributed by atoms with Gasteiger partial charge in [-0.15, -0.1) is 0 Å². The Kier molecular flexibility index (Phi) is 4.78. The zero-order valence-electron chi connectivity index (χ0n) is 15.2. The van der Waals surface area contributed by atoms with Crippen molar-refractivity contribution in [2.45, 2.75) is 13.0 Å². The van der Waals surface area contributed by atoms with Crippen molar-refractivity contribution in [3.05, 3.63) is 78.5 Å². The molecule has 6 nitrogen and oxygen atoms in total. The Hall–Kier alpha value is -3.28. The van der Waals surface area contributed by atoms with Crippen LogP contribution in [0.4, 0.5) is 11.5 Å². The quantitative estimate of drug-likeness (QED) is 0.667. The van der Waals surface area contributed by atoms with Crippen LogP contribution < -0.4 is 9.80 Å².